The van der Waals surface area contributed by atoms with Gasteiger partial charge in [-0.15, -0.1) is 0 Å². The van der Waals surface area contributed by atoms with Crippen LogP contribution < -0.4 is 4.90 Å². The summed E-state index contributed by atoms with van der Waals surface area (Å²) < 4.78 is 13.7. The van der Waals surface area contributed by atoms with Crippen molar-refractivity contribution in [2.24, 2.45) is 0 Å². The van der Waals surface area contributed by atoms with Gasteiger partial charge in [0.25, 0.3) is 5.91 Å². The fourth-order valence-corrected chi connectivity index (χ4v) is 3.43. The molecule has 0 aromatic heterocycles. The molecule has 2 aromatic carbocycles. The Morgan fingerprint density at radius 3 is 2.43 bits per heavy atom. The number of anilines is 1. The van der Waals surface area contributed by atoms with Crippen molar-refractivity contribution in [3.8, 4) is 0 Å². The van der Waals surface area contributed by atoms with E-state index in [2.05, 4.69) is 0 Å². The van der Waals surface area contributed by atoms with Crippen molar-refractivity contribution in [1.29, 1.82) is 0 Å². The summed E-state index contributed by atoms with van der Waals surface area (Å²) in [6, 6.07) is 12.6. The van der Waals surface area contributed by atoms with Crippen molar-refractivity contribution >= 4 is 52.3 Å². The van der Waals surface area contributed by atoms with Gasteiger partial charge in [0.1, 0.15) is 12.1 Å². The normalized spacial score (nSPS) is 16.2. The van der Waals surface area contributed by atoms with E-state index in [0.717, 1.165) is 23.6 Å². The molecule has 0 unspecified atom stereocenters. The first kappa shape index (κ1) is 15.6. The van der Waals surface area contributed by atoms with Crippen LogP contribution in [-0.2, 0) is 4.79 Å². The molecule has 6 heteroatoms. The van der Waals surface area contributed by atoms with E-state index in [-0.39, 0.29) is 5.91 Å². The zero-order valence-corrected chi connectivity index (χ0v) is 13.4. The summed E-state index contributed by atoms with van der Waals surface area (Å²) in [7, 11) is 0. The summed E-state index contributed by atoms with van der Waals surface area (Å²) in [6.45, 7) is 0. The Hall–Kier alpha value is -2.31. The molecule has 1 saturated heterocycles. The van der Waals surface area contributed by atoms with E-state index in [1.54, 1.807) is 36.4 Å². The van der Waals surface area contributed by atoms with Crippen molar-refractivity contribution < 1.29 is 14.0 Å². The third kappa shape index (κ3) is 3.23. The molecule has 0 atom stereocenters. The Labute approximate surface area is 141 Å². The van der Waals surface area contributed by atoms with Crippen LogP contribution >= 0.6 is 24.0 Å². The minimum atomic E-state index is -0.426. The van der Waals surface area contributed by atoms with Gasteiger partial charge in [-0.3, -0.25) is 14.5 Å². The van der Waals surface area contributed by atoms with E-state index in [1.807, 2.05) is 0 Å². The molecule has 0 radical (unpaired) electrons. The second-order valence-corrected chi connectivity index (χ2v) is 6.46. The molecular weight excluding hydrogens is 333 g/mol. The minimum absolute atomic E-state index is 0.287. The lowest BCUT2D eigenvalue weighted by Gasteiger charge is -2.14. The van der Waals surface area contributed by atoms with Gasteiger partial charge in [-0.1, -0.05) is 54.3 Å². The van der Waals surface area contributed by atoms with E-state index in [9.17, 15) is 14.0 Å². The molecule has 2 aromatic rings. The highest BCUT2D eigenvalue weighted by Crippen LogP contribution is 2.36. The van der Waals surface area contributed by atoms with Gasteiger partial charge in [0.15, 0.2) is 4.32 Å². The maximum atomic E-state index is 13.4. The Balaban J connectivity index is 1.91. The van der Waals surface area contributed by atoms with Gasteiger partial charge in [-0.05, 0) is 29.8 Å². The fourth-order valence-electron chi connectivity index (χ4n) is 2.13. The maximum absolute atomic E-state index is 13.4. The lowest BCUT2D eigenvalue weighted by atomic mass is 10.1. The number of benzene rings is 2. The van der Waals surface area contributed by atoms with Crippen LogP contribution in [0.4, 0.5) is 10.1 Å². The summed E-state index contributed by atoms with van der Waals surface area (Å²) in [5, 5.41) is 0. The predicted octanol–water partition coefficient (Wildman–Crippen LogP) is 4.04. The summed E-state index contributed by atoms with van der Waals surface area (Å²) in [5.74, 6) is -0.713. The highest BCUT2D eigenvalue weighted by Gasteiger charge is 2.33. The Morgan fingerprint density at radius 1 is 1.09 bits per heavy atom. The molecule has 1 heterocycles. The third-order valence-electron chi connectivity index (χ3n) is 3.23. The number of carbonyl (C=O) groups is 2. The van der Waals surface area contributed by atoms with Gasteiger partial charge < -0.3 is 0 Å². The van der Waals surface area contributed by atoms with Gasteiger partial charge in [-0.25, -0.2) is 4.39 Å². The molecule has 1 aliphatic heterocycles. The number of hydrogen-bond donors (Lipinski definition) is 0. The number of thiocarbonyl (C=S) groups is 1. The van der Waals surface area contributed by atoms with Crippen LogP contribution in [-0.4, -0.2) is 16.5 Å². The number of aldehydes is 1. The standard InChI is InChI=1S/C17H10FNO2S2/c18-13-2-1-3-14(9-13)19-16(21)15(23-17(19)22)8-11-4-6-12(10-20)7-5-11/h1-10H. The molecule has 1 aliphatic rings. The van der Waals surface area contributed by atoms with Gasteiger partial charge in [0.2, 0.25) is 0 Å². The topological polar surface area (TPSA) is 37.4 Å². The quantitative estimate of drug-likeness (QED) is 0.479. The van der Waals surface area contributed by atoms with Crippen LogP contribution in [0.5, 0.6) is 0 Å². The van der Waals surface area contributed by atoms with Crippen molar-refractivity contribution in [3.63, 3.8) is 0 Å². The number of carbonyl (C=O) groups excluding carboxylic acids is 2. The largest absolute Gasteiger partial charge is 0.298 e. The van der Waals surface area contributed by atoms with E-state index in [4.69, 9.17) is 12.2 Å². The monoisotopic (exact) mass is 343 g/mol. The molecule has 0 saturated carbocycles. The lowest BCUT2D eigenvalue weighted by Crippen LogP contribution is -2.27. The van der Waals surface area contributed by atoms with Crippen LogP contribution in [0.15, 0.2) is 53.4 Å². The number of nitrogens with zero attached hydrogens (tertiary/aromatic N) is 1. The molecule has 3 nitrogen and oxygen atoms in total. The zero-order valence-electron chi connectivity index (χ0n) is 11.7. The average molecular weight is 343 g/mol. The van der Waals surface area contributed by atoms with Crippen LogP contribution in [0.25, 0.3) is 6.08 Å². The molecule has 23 heavy (non-hydrogen) atoms. The smallest absolute Gasteiger partial charge is 0.270 e. The van der Waals surface area contributed by atoms with Gasteiger partial charge in [0.05, 0.1) is 10.6 Å². The second kappa shape index (κ2) is 6.44. The number of halogens is 1. The Bertz CT molecular complexity index is 831. The first-order valence-corrected chi connectivity index (χ1v) is 7.90. The van der Waals surface area contributed by atoms with Crippen molar-refractivity contribution in [3.05, 3.63) is 70.4 Å². The Kier molecular flexibility index (Phi) is 4.36. The minimum Gasteiger partial charge on any atom is -0.298 e. The Morgan fingerprint density at radius 2 is 1.78 bits per heavy atom. The third-order valence-corrected chi connectivity index (χ3v) is 4.53. The molecule has 0 bridgehead atoms. The van der Waals surface area contributed by atoms with Crippen LogP contribution in [0, 0.1) is 5.82 Å². The first-order chi connectivity index (χ1) is 11.1. The molecule has 0 spiro atoms. The van der Waals surface area contributed by atoms with E-state index in [0.29, 0.717) is 20.5 Å². The molecule has 114 valence electrons. The number of hydrogen-bond acceptors (Lipinski definition) is 4. The molecule has 1 amide bonds. The van der Waals surface area contributed by atoms with Crippen molar-refractivity contribution in [2.45, 2.75) is 0 Å². The summed E-state index contributed by atoms with van der Waals surface area (Å²) in [6.07, 6.45) is 2.46. The predicted molar refractivity (Wildman–Crippen MR) is 93.9 cm³/mol. The average Bonchev–Trinajstić information content (AvgIpc) is 2.82. The maximum Gasteiger partial charge on any atom is 0.270 e. The van der Waals surface area contributed by atoms with E-state index >= 15 is 0 Å². The summed E-state index contributed by atoms with van der Waals surface area (Å²) in [5.41, 5.74) is 1.76. The number of thioether (sulfide) groups is 1. The van der Waals surface area contributed by atoms with Crippen molar-refractivity contribution in [2.75, 3.05) is 4.90 Å². The zero-order chi connectivity index (χ0) is 16.4. The first-order valence-electron chi connectivity index (χ1n) is 6.67. The second-order valence-electron chi connectivity index (χ2n) is 4.78. The fraction of sp³-hybridized carbons (Fsp3) is 0. The summed E-state index contributed by atoms with van der Waals surface area (Å²) in [4.78, 5) is 25.0. The summed E-state index contributed by atoms with van der Waals surface area (Å²) >= 11 is 6.40. The SMILES string of the molecule is O=Cc1ccc(C=C2SC(=S)N(c3cccc(F)c3)C2=O)cc1. The number of amides is 1. The lowest BCUT2D eigenvalue weighted by molar-refractivity contribution is -0.113. The highest BCUT2D eigenvalue weighted by molar-refractivity contribution is 8.27. The van der Waals surface area contributed by atoms with Crippen LogP contribution in [0.1, 0.15) is 15.9 Å². The van der Waals surface area contributed by atoms with E-state index in [1.165, 1.54) is 23.1 Å². The highest BCUT2D eigenvalue weighted by atomic mass is 32.2. The van der Waals surface area contributed by atoms with Gasteiger partial charge >= 0.3 is 0 Å². The molecular formula is C17H10FNO2S2. The molecule has 3 rings (SSSR count). The molecule has 1 fully saturated rings. The molecule has 0 aliphatic carbocycles. The van der Waals surface area contributed by atoms with Crippen LogP contribution in [0.2, 0.25) is 0 Å². The van der Waals surface area contributed by atoms with Gasteiger partial charge in [-0.2, -0.15) is 0 Å². The van der Waals surface area contributed by atoms with Crippen molar-refractivity contribution in [1.82, 2.24) is 0 Å². The van der Waals surface area contributed by atoms with Gasteiger partial charge in [0, 0.05) is 5.56 Å². The number of rotatable bonds is 3. The van der Waals surface area contributed by atoms with E-state index < -0.39 is 5.82 Å². The van der Waals surface area contributed by atoms with Crippen LogP contribution in [0.3, 0.4) is 0 Å². The molecule has 0 N–H and O–H groups in total.